The lowest BCUT2D eigenvalue weighted by atomic mass is 9.86. The molecule has 0 bridgehead atoms. The van der Waals surface area contributed by atoms with Crippen molar-refractivity contribution < 1.29 is 32.6 Å². The number of urea groups is 1. The molecular weight excluding hydrogens is 601 g/mol. The summed E-state index contributed by atoms with van der Waals surface area (Å²) in [5.74, 6) is -0.801. The number of aliphatic hydroxyl groups is 1. The first-order chi connectivity index (χ1) is 20.7. The highest BCUT2D eigenvalue weighted by Gasteiger charge is 2.34. The minimum Gasteiger partial charge on any atom is -0.462 e. The summed E-state index contributed by atoms with van der Waals surface area (Å²) in [4.78, 5) is 51.1. The maximum absolute atomic E-state index is 13.6. The van der Waals surface area contributed by atoms with Gasteiger partial charge in [-0.15, -0.1) is 11.3 Å². The number of carbonyl (C=O) groups excluding carboxylic acids is 2. The Kier molecular flexibility index (Phi) is 9.39. The molecule has 4 aromatic rings. The Labute approximate surface area is 254 Å². The molecule has 0 unspecified atom stereocenters. The number of alkyl halides is 3. The van der Waals surface area contributed by atoms with Gasteiger partial charge < -0.3 is 19.7 Å². The second-order valence-electron chi connectivity index (χ2n) is 10.8. The molecule has 11 nitrogen and oxygen atoms in total. The minimum atomic E-state index is -4.68. The van der Waals surface area contributed by atoms with Gasteiger partial charge in [-0.05, 0) is 31.4 Å². The molecule has 0 saturated carbocycles. The van der Waals surface area contributed by atoms with Gasteiger partial charge in [0, 0.05) is 47.2 Å². The molecule has 0 aliphatic heterocycles. The number of hydrogen-bond donors (Lipinski definition) is 3. The van der Waals surface area contributed by atoms with Gasteiger partial charge in [-0.1, -0.05) is 20.8 Å². The Morgan fingerprint density at radius 3 is 2.43 bits per heavy atom. The SMILES string of the molecule is CCNC(=O)Nc1cc(-c2nc(C(F)(F)F)cs2)c(-c2cnc3c(c2)c(=O)c(C(=O)OCC)cn3[C@H](CO)C(C)(C)C)cn1. The Hall–Kier alpha value is -4.37. The molecule has 0 saturated heterocycles. The lowest BCUT2D eigenvalue weighted by Crippen LogP contribution is -2.31. The Bertz CT molecular complexity index is 1760. The third-order valence-electron chi connectivity index (χ3n) is 6.69. The summed E-state index contributed by atoms with van der Waals surface area (Å²) < 4.78 is 47.0. The number of rotatable bonds is 8. The molecule has 0 aliphatic carbocycles. The van der Waals surface area contributed by atoms with Gasteiger partial charge in [-0.2, -0.15) is 13.2 Å². The van der Waals surface area contributed by atoms with Crippen molar-refractivity contribution in [3.8, 4) is 21.7 Å². The highest BCUT2D eigenvalue weighted by molar-refractivity contribution is 7.13. The van der Waals surface area contributed by atoms with E-state index in [0.717, 1.165) is 16.7 Å². The second-order valence-corrected chi connectivity index (χ2v) is 11.7. The average molecular weight is 633 g/mol. The zero-order chi connectivity index (χ0) is 32.4. The molecule has 0 aromatic carbocycles. The first kappa shape index (κ1) is 32.5. The minimum absolute atomic E-state index is 0.0143. The Morgan fingerprint density at radius 1 is 1.11 bits per heavy atom. The van der Waals surface area contributed by atoms with Gasteiger partial charge in [-0.25, -0.2) is 24.5 Å². The lowest BCUT2D eigenvalue weighted by molar-refractivity contribution is -0.140. The number of anilines is 1. The normalized spacial score (nSPS) is 12.7. The van der Waals surface area contributed by atoms with Gasteiger partial charge in [-0.3, -0.25) is 10.1 Å². The molecule has 234 valence electrons. The molecule has 3 N–H and O–H groups in total. The summed E-state index contributed by atoms with van der Waals surface area (Å²) in [6.07, 6.45) is -0.618. The van der Waals surface area contributed by atoms with Crippen LogP contribution >= 0.6 is 11.3 Å². The number of ether oxygens (including phenoxy) is 1. The van der Waals surface area contributed by atoms with Crippen molar-refractivity contribution in [1.82, 2.24) is 24.8 Å². The number of nitrogens with one attached hydrogen (secondary N) is 2. The molecular formula is C29H31F3N6O5S. The van der Waals surface area contributed by atoms with Gasteiger partial charge in [0.1, 0.15) is 22.0 Å². The van der Waals surface area contributed by atoms with Crippen molar-refractivity contribution in [2.45, 2.75) is 46.8 Å². The van der Waals surface area contributed by atoms with Crippen molar-refractivity contribution in [2.24, 2.45) is 5.41 Å². The largest absolute Gasteiger partial charge is 0.462 e. The Balaban J connectivity index is 1.98. The Morgan fingerprint density at radius 2 is 1.84 bits per heavy atom. The van der Waals surface area contributed by atoms with Crippen molar-refractivity contribution >= 4 is 40.2 Å². The first-order valence-corrected chi connectivity index (χ1v) is 14.5. The highest BCUT2D eigenvalue weighted by Crippen LogP contribution is 2.39. The van der Waals surface area contributed by atoms with E-state index in [2.05, 4.69) is 25.6 Å². The van der Waals surface area contributed by atoms with Crippen molar-refractivity contribution in [3.05, 3.63) is 57.6 Å². The molecule has 0 aliphatic rings. The van der Waals surface area contributed by atoms with E-state index in [4.69, 9.17) is 4.74 Å². The summed E-state index contributed by atoms with van der Waals surface area (Å²) in [7, 11) is 0. The second kappa shape index (κ2) is 12.7. The molecule has 44 heavy (non-hydrogen) atoms. The maximum Gasteiger partial charge on any atom is 0.434 e. The predicted molar refractivity (Wildman–Crippen MR) is 160 cm³/mol. The molecule has 0 spiro atoms. The predicted octanol–water partition coefficient (Wildman–Crippen LogP) is 5.50. The molecule has 0 fully saturated rings. The van der Waals surface area contributed by atoms with Gasteiger partial charge in [0.25, 0.3) is 0 Å². The van der Waals surface area contributed by atoms with E-state index in [9.17, 15) is 32.7 Å². The van der Waals surface area contributed by atoms with E-state index in [1.54, 1.807) is 18.4 Å². The third kappa shape index (κ3) is 6.73. The quantitative estimate of drug-likeness (QED) is 0.216. The van der Waals surface area contributed by atoms with Gasteiger partial charge in [0.2, 0.25) is 5.43 Å². The van der Waals surface area contributed by atoms with E-state index in [1.165, 1.54) is 30.7 Å². The van der Waals surface area contributed by atoms with Crippen LogP contribution in [0.5, 0.6) is 0 Å². The van der Waals surface area contributed by atoms with Crippen LogP contribution in [-0.2, 0) is 10.9 Å². The number of amides is 2. The highest BCUT2D eigenvalue weighted by atomic mass is 32.1. The van der Waals surface area contributed by atoms with Crippen molar-refractivity contribution in [2.75, 3.05) is 25.1 Å². The van der Waals surface area contributed by atoms with Gasteiger partial charge >= 0.3 is 18.2 Å². The zero-order valence-corrected chi connectivity index (χ0v) is 25.4. The first-order valence-electron chi connectivity index (χ1n) is 13.6. The smallest absolute Gasteiger partial charge is 0.434 e. The zero-order valence-electron chi connectivity index (χ0n) is 24.6. The van der Waals surface area contributed by atoms with Crippen molar-refractivity contribution in [3.63, 3.8) is 0 Å². The molecule has 0 radical (unpaired) electrons. The van der Waals surface area contributed by atoms with Crippen molar-refractivity contribution in [1.29, 1.82) is 0 Å². The monoisotopic (exact) mass is 632 g/mol. The number of halogens is 3. The van der Waals surface area contributed by atoms with Crippen LogP contribution in [0.1, 0.15) is 56.7 Å². The topological polar surface area (TPSA) is 148 Å². The number of thiazole rings is 1. The van der Waals surface area contributed by atoms with Crippen LogP contribution in [0, 0.1) is 5.41 Å². The number of aliphatic hydroxyl groups excluding tert-OH is 1. The number of pyridine rings is 3. The molecule has 4 rings (SSSR count). The number of carbonyl (C=O) groups is 2. The number of aromatic nitrogens is 4. The van der Waals surface area contributed by atoms with Crippen LogP contribution in [0.2, 0.25) is 0 Å². The maximum atomic E-state index is 13.6. The van der Waals surface area contributed by atoms with Crippen LogP contribution in [0.25, 0.3) is 32.7 Å². The number of esters is 1. The summed E-state index contributed by atoms with van der Waals surface area (Å²) in [5.41, 5.74) is -1.62. The standard InChI is InChI=1S/C29H31F3N6O5S/c1-6-33-27(42)37-22-9-16(25-36-20(14-44-25)29(30,31)32)18(11-34-22)15-8-17-23(40)19(26(41)43-7-2)12-38(24(17)35-10-15)21(13-39)28(3,4)5/h8-12,14,21,39H,6-7,13H2,1-5H3,(H2,33,34,37,42)/t21-/m1/s1. The van der Waals surface area contributed by atoms with Gasteiger partial charge in [0.15, 0.2) is 5.69 Å². The number of hydrogen-bond acceptors (Lipinski definition) is 9. The molecule has 1 atom stereocenters. The molecule has 4 heterocycles. The van der Waals surface area contributed by atoms with Crippen LogP contribution in [0.3, 0.4) is 0 Å². The lowest BCUT2D eigenvalue weighted by Gasteiger charge is -2.32. The van der Waals surface area contributed by atoms with E-state index in [-0.39, 0.29) is 57.3 Å². The number of fused-ring (bicyclic) bond motifs is 1. The van der Waals surface area contributed by atoms with E-state index in [0.29, 0.717) is 6.54 Å². The fraction of sp³-hybridized carbons (Fsp3) is 0.379. The average Bonchev–Trinajstić information content (AvgIpc) is 3.45. The van der Waals surface area contributed by atoms with Crippen LogP contribution in [0.4, 0.5) is 23.8 Å². The summed E-state index contributed by atoms with van der Waals surface area (Å²) >= 11 is 0.744. The summed E-state index contributed by atoms with van der Waals surface area (Å²) in [6.45, 7) is 9.00. The fourth-order valence-electron chi connectivity index (χ4n) is 4.53. The van der Waals surface area contributed by atoms with E-state index >= 15 is 0 Å². The summed E-state index contributed by atoms with van der Waals surface area (Å²) in [6, 6.07) is 1.68. The van der Waals surface area contributed by atoms with E-state index in [1.807, 2.05) is 20.8 Å². The summed E-state index contributed by atoms with van der Waals surface area (Å²) in [5, 5.41) is 16.2. The fourth-order valence-corrected chi connectivity index (χ4v) is 5.39. The van der Waals surface area contributed by atoms with Crippen LogP contribution in [-0.4, -0.2) is 56.4 Å². The van der Waals surface area contributed by atoms with Gasteiger partial charge in [0.05, 0.1) is 24.6 Å². The van der Waals surface area contributed by atoms with Crippen LogP contribution < -0.4 is 16.1 Å². The van der Waals surface area contributed by atoms with E-state index < -0.39 is 40.8 Å². The molecule has 4 aromatic heterocycles. The van der Waals surface area contributed by atoms with Crippen LogP contribution in [0.15, 0.2) is 40.9 Å². The molecule has 2 amide bonds. The third-order valence-corrected chi connectivity index (χ3v) is 7.57. The number of nitrogens with zero attached hydrogens (tertiary/aromatic N) is 4. The molecule has 15 heteroatoms.